The SMILES string of the molecule is CC(O)=C(N=Nc1ccc(N=Nc2ccc(SOOO)cc2)cc1S(=O)(=O)O)C(=O)Nc1ccc2[nH]c(=O)[nH]c2c1. The molecule has 0 fully saturated rings. The molecule has 3 aromatic carbocycles. The number of azo groups is 2. The molecule has 0 radical (unpaired) electrons. The molecule has 0 aliphatic carbocycles. The van der Waals surface area contributed by atoms with Gasteiger partial charge in [0.05, 0.1) is 34.5 Å². The minimum Gasteiger partial charge on any atom is -0.510 e. The molecular weight excluding hydrogens is 582 g/mol. The highest BCUT2D eigenvalue weighted by molar-refractivity contribution is 7.94. The van der Waals surface area contributed by atoms with Crippen molar-refractivity contribution in [2.75, 3.05) is 5.32 Å². The van der Waals surface area contributed by atoms with E-state index < -0.39 is 38.1 Å². The molecular formula is C23H19N7O9S2. The first-order valence-corrected chi connectivity index (χ1v) is 13.3. The number of carbonyl (C=O) groups is 1. The van der Waals surface area contributed by atoms with E-state index in [0.29, 0.717) is 21.6 Å². The summed E-state index contributed by atoms with van der Waals surface area (Å²) < 4.78 is 38.1. The summed E-state index contributed by atoms with van der Waals surface area (Å²) in [5.74, 6) is -1.41. The van der Waals surface area contributed by atoms with E-state index in [0.717, 1.165) is 18.1 Å². The van der Waals surface area contributed by atoms with E-state index in [1.807, 2.05) is 0 Å². The lowest BCUT2D eigenvalue weighted by Crippen LogP contribution is -2.14. The Morgan fingerprint density at radius 1 is 0.951 bits per heavy atom. The van der Waals surface area contributed by atoms with Gasteiger partial charge in [0.1, 0.15) is 16.3 Å². The van der Waals surface area contributed by atoms with Crippen LogP contribution in [0.25, 0.3) is 11.0 Å². The molecule has 16 nitrogen and oxygen atoms in total. The maximum atomic E-state index is 12.8. The molecule has 0 atom stereocenters. The van der Waals surface area contributed by atoms with Crippen molar-refractivity contribution in [3.05, 3.63) is 82.6 Å². The van der Waals surface area contributed by atoms with Crippen molar-refractivity contribution in [1.29, 1.82) is 0 Å². The summed E-state index contributed by atoms with van der Waals surface area (Å²) in [6.45, 7) is 1.17. The fourth-order valence-corrected chi connectivity index (χ4v) is 4.28. The number of nitrogens with zero attached hydrogens (tertiary/aromatic N) is 4. The molecule has 0 aliphatic heterocycles. The van der Waals surface area contributed by atoms with Crippen LogP contribution < -0.4 is 11.0 Å². The Balaban J connectivity index is 1.55. The molecule has 1 aromatic heterocycles. The van der Waals surface area contributed by atoms with Gasteiger partial charge in [-0.25, -0.2) is 10.1 Å². The van der Waals surface area contributed by atoms with E-state index >= 15 is 0 Å². The van der Waals surface area contributed by atoms with Crippen LogP contribution in [0, 0.1) is 0 Å². The minimum absolute atomic E-state index is 0.0390. The summed E-state index contributed by atoms with van der Waals surface area (Å²) in [6, 6.07) is 14.3. The van der Waals surface area contributed by atoms with Gasteiger partial charge in [-0.15, -0.1) is 14.6 Å². The van der Waals surface area contributed by atoms with Crippen molar-refractivity contribution in [2.24, 2.45) is 20.5 Å². The number of aliphatic hydroxyl groups is 1. The number of anilines is 1. The summed E-state index contributed by atoms with van der Waals surface area (Å²) in [5.41, 5.74) is 0.303. The highest BCUT2D eigenvalue weighted by atomic mass is 32.2. The lowest BCUT2D eigenvalue weighted by atomic mass is 10.2. The number of fused-ring (bicyclic) bond motifs is 1. The number of aliphatic hydroxyl groups excluding tert-OH is 1. The van der Waals surface area contributed by atoms with Gasteiger partial charge in [-0.1, -0.05) is 5.04 Å². The zero-order valence-electron chi connectivity index (χ0n) is 20.7. The van der Waals surface area contributed by atoms with E-state index in [2.05, 4.69) is 45.1 Å². The quantitative estimate of drug-likeness (QED) is 0.0255. The number of hydrogen-bond acceptors (Lipinski definition) is 13. The number of amides is 1. The number of imidazole rings is 1. The highest BCUT2D eigenvalue weighted by Gasteiger charge is 2.19. The first kappa shape index (κ1) is 29.3. The maximum absolute atomic E-state index is 12.8. The third-order valence-corrected chi connectivity index (χ3v) is 6.57. The van der Waals surface area contributed by atoms with E-state index in [-0.39, 0.29) is 17.1 Å². The van der Waals surface area contributed by atoms with E-state index in [9.17, 15) is 27.7 Å². The van der Waals surface area contributed by atoms with Crippen LogP contribution in [0.1, 0.15) is 6.92 Å². The fourth-order valence-electron chi connectivity index (χ4n) is 3.28. The van der Waals surface area contributed by atoms with Crippen LogP contribution in [-0.4, -0.2) is 39.2 Å². The molecule has 0 spiro atoms. The Morgan fingerprint density at radius 3 is 2.32 bits per heavy atom. The molecule has 1 amide bonds. The maximum Gasteiger partial charge on any atom is 0.323 e. The number of H-pyrrole nitrogens is 2. The van der Waals surface area contributed by atoms with Crippen LogP contribution in [0.4, 0.5) is 22.7 Å². The summed E-state index contributed by atoms with van der Waals surface area (Å²) in [6.07, 6.45) is 0. The third-order valence-electron chi connectivity index (χ3n) is 5.09. The topological polar surface area (TPSA) is 240 Å². The normalized spacial score (nSPS) is 12.8. The monoisotopic (exact) mass is 601 g/mol. The molecule has 212 valence electrons. The number of aromatic nitrogens is 2. The van der Waals surface area contributed by atoms with Crippen molar-refractivity contribution in [3.8, 4) is 0 Å². The average Bonchev–Trinajstić information content (AvgIpc) is 3.30. The number of hydrogen-bond donors (Lipinski definition) is 6. The van der Waals surface area contributed by atoms with Crippen LogP contribution >= 0.6 is 12.0 Å². The molecule has 4 aromatic rings. The van der Waals surface area contributed by atoms with Gasteiger partial charge in [0.15, 0.2) is 5.70 Å². The Labute approximate surface area is 234 Å². The second kappa shape index (κ2) is 12.6. The van der Waals surface area contributed by atoms with Crippen LogP contribution in [0.2, 0.25) is 0 Å². The van der Waals surface area contributed by atoms with Crippen LogP contribution in [0.15, 0.2) is 107 Å². The number of carbonyl (C=O) groups excluding carboxylic acids is 1. The molecule has 41 heavy (non-hydrogen) atoms. The Kier molecular flexibility index (Phi) is 9.02. The van der Waals surface area contributed by atoms with Crippen molar-refractivity contribution >= 4 is 61.9 Å². The average molecular weight is 602 g/mol. The highest BCUT2D eigenvalue weighted by Crippen LogP contribution is 2.31. The summed E-state index contributed by atoms with van der Waals surface area (Å²) in [4.78, 5) is 29.2. The molecule has 1 heterocycles. The number of nitrogens with one attached hydrogen (secondary N) is 3. The standard InChI is InChI=1S/C23H19N7O9S2/c1-12(31)21(22(32)24-14-4-8-17-19(10-14)26-23(33)25-17)30-29-18-9-5-15(11-20(18)41(35,36)37)28-27-13-2-6-16(7-3-13)40-39-38-34/h2-11,31,34H,1H3,(H,24,32)(H2,25,26,33)(H,35,36,37). The molecule has 0 saturated carbocycles. The molecule has 6 N–H and O–H groups in total. The first-order valence-electron chi connectivity index (χ1n) is 11.2. The fraction of sp³-hybridized carbons (Fsp3) is 0.0435. The van der Waals surface area contributed by atoms with Crippen LogP contribution in [0.3, 0.4) is 0 Å². The zero-order valence-corrected chi connectivity index (χ0v) is 22.3. The van der Waals surface area contributed by atoms with Gasteiger partial charge in [-0.3, -0.25) is 9.35 Å². The summed E-state index contributed by atoms with van der Waals surface area (Å²) >= 11 is 0.746. The van der Waals surface area contributed by atoms with Gasteiger partial charge in [0, 0.05) is 10.6 Å². The third kappa shape index (κ3) is 7.69. The molecule has 0 aliphatic rings. The van der Waals surface area contributed by atoms with Crippen molar-refractivity contribution in [3.63, 3.8) is 0 Å². The number of aromatic amines is 2. The van der Waals surface area contributed by atoms with Gasteiger partial charge in [-0.05, 0) is 67.6 Å². The van der Waals surface area contributed by atoms with Gasteiger partial charge >= 0.3 is 5.69 Å². The number of rotatable bonds is 10. The Bertz CT molecular complexity index is 1840. The van der Waals surface area contributed by atoms with Gasteiger partial charge in [0.25, 0.3) is 16.0 Å². The second-order valence-electron chi connectivity index (χ2n) is 7.97. The van der Waals surface area contributed by atoms with Gasteiger partial charge < -0.3 is 20.4 Å². The molecule has 18 heteroatoms. The van der Waals surface area contributed by atoms with Crippen LogP contribution in [-0.2, 0) is 24.3 Å². The Hall–Kier alpha value is -4.72. The largest absolute Gasteiger partial charge is 0.510 e. The van der Waals surface area contributed by atoms with Crippen molar-refractivity contribution < 1.29 is 37.5 Å². The van der Waals surface area contributed by atoms with E-state index in [1.54, 1.807) is 30.3 Å². The number of benzene rings is 3. The zero-order chi connectivity index (χ0) is 29.6. The smallest absolute Gasteiger partial charge is 0.323 e. The Morgan fingerprint density at radius 2 is 1.63 bits per heavy atom. The lowest BCUT2D eigenvalue weighted by Gasteiger charge is -2.07. The second-order valence-corrected chi connectivity index (χ2v) is 10.1. The number of allylic oxidation sites excluding steroid dienone is 1. The predicted molar refractivity (Wildman–Crippen MR) is 145 cm³/mol. The van der Waals surface area contributed by atoms with Crippen molar-refractivity contribution in [2.45, 2.75) is 16.7 Å². The molecule has 0 unspecified atom stereocenters. The first-order chi connectivity index (χ1) is 19.5. The van der Waals surface area contributed by atoms with E-state index in [1.165, 1.54) is 31.2 Å². The molecule has 0 saturated heterocycles. The van der Waals surface area contributed by atoms with E-state index in [4.69, 9.17) is 5.26 Å². The molecule has 0 bridgehead atoms. The van der Waals surface area contributed by atoms with Gasteiger partial charge in [0.2, 0.25) is 0 Å². The molecule has 4 rings (SSSR count). The van der Waals surface area contributed by atoms with Crippen LogP contribution in [0.5, 0.6) is 0 Å². The summed E-state index contributed by atoms with van der Waals surface area (Å²) in [5, 5.41) is 39.6. The summed E-state index contributed by atoms with van der Waals surface area (Å²) in [7, 11) is -4.82. The predicted octanol–water partition coefficient (Wildman–Crippen LogP) is 5.46. The van der Waals surface area contributed by atoms with Gasteiger partial charge in [-0.2, -0.15) is 18.6 Å². The minimum atomic E-state index is -4.82. The lowest BCUT2D eigenvalue weighted by molar-refractivity contribution is -0.432. The van der Waals surface area contributed by atoms with Crippen molar-refractivity contribution in [1.82, 2.24) is 9.97 Å².